The number of thiophene rings is 1. The standard InChI is InChI=1S/C24H26N4O2S2/c1-14-15(2)32-22-20(14)21(16-6-8-17(9-7-16)24(3,4)5)26-12-19(30)28(22)13-18(29)27-23-25-10-11-31-23/h6-11H,12-13H2,1-5H3,(H,25,27,29). The van der Waals surface area contributed by atoms with Crippen LogP contribution in [0.15, 0.2) is 40.8 Å². The number of aliphatic imine (C=N–C) groups is 1. The van der Waals surface area contributed by atoms with E-state index in [1.165, 1.54) is 28.2 Å². The van der Waals surface area contributed by atoms with Gasteiger partial charge in [0.15, 0.2) is 5.13 Å². The molecule has 32 heavy (non-hydrogen) atoms. The third-order valence-corrected chi connectivity index (χ3v) is 7.45. The highest BCUT2D eigenvalue weighted by atomic mass is 32.1. The van der Waals surface area contributed by atoms with Gasteiger partial charge in [-0.05, 0) is 30.4 Å². The highest BCUT2D eigenvalue weighted by Crippen LogP contribution is 2.39. The van der Waals surface area contributed by atoms with E-state index in [9.17, 15) is 9.59 Å². The van der Waals surface area contributed by atoms with E-state index in [0.29, 0.717) is 5.13 Å². The zero-order valence-electron chi connectivity index (χ0n) is 18.9. The van der Waals surface area contributed by atoms with E-state index >= 15 is 0 Å². The number of nitrogens with zero attached hydrogens (tertiary/aromatic N) is 3. The molecule has 0 aliphatic carbocycles. The topological polar surface area (TPSA) is 74.7 Å². The van der Waals surface area contributed by atoms with Crippen molar-refractivity contribution in [1.29, 1.82) is 0 Å². The molecule has 4 rings (SSSR count). The van der Waals surface area contributed by atoms with Crippen molar-refractivity contribution in [2.75, 3.05) is 23.3 Å². The van der Waals surface area contributed by atoms with Crippen molar-refractivity contribution in [2.24, 2.45) is 4.99 Å². The smallest absolute Gasteiger partial charge is 0.249 e. The van der Waals surface area contributed by atoms with Gasteiger partial charge in [0.05, 0.1) is 5.71 Å². The molecule has 0 saturated heterocycles. The molecule has 0 bridgehead atoms. The molecule has 0 radical (unpaired) electrons. The number of aromatic nitrogens is 1. The maximum absolute atomic E-state index is 13.0. The lowest BCUT2D eigenvalue weighted by Gasteiger charge is -2.20. The molecule has 0 spiro atoms. The normalized spacial score (nSPS) is 14.1. The van der Waals surface area contributed by atoms with Gasteiger partial charge >= 0.3 is 0 Å². The number of benzene rings is 1. The van der Waals surface area contributed by atoms with E-state index in [0.717, 1.165) is 32.3 Å². The third kappa shape index (κ3) is 4.38. The number of amides is 2. The van der Waals surface area contributed by atoms with Crippen LogP contribution < -0.4 is 10.2 Å². The lowest BCUT2D eigenvalue weighted by atomic mass is 9.86. The van der Waals surface area contributed by atoms with Crippen molar-refractivity contribution in [3.63, 3.8) is 0 Å². The molecule has 1 aromatic carbocycles. The van der Waals surface area contributed by atoms with Crippen LogP contribution in [0.4, 0.5) is 10.1 Å². The van der Waals surface area contributed by atoms with Crippen molar-refractivity contribution in [1.82, 2.24) is 4.98 Å². The third-order valence-electron chi connectivity index (χ3n) is 5.53. The Morgan fingerprint density at radius 3 is 2.53 bits per heavy atom. The van der Waals surface area contributed by atoms with Gasteiger partial charge < -0.3 is 5.32 Å². The van der Waals surface area contributed by atoms with Crippen LogP contribution in [-0.4, -0.2) is 35.6 Å². The summed E-state index contributed by atoms with van der Waals surface area (Å²) >= 11 is 2.87. The summed E-state index contributed by atoms with van der Waals surface area (Å²) in [6, 6.07) is 8.39. The second kappa shape index (κ2) is 8.60. The average Bonchev–Trinajstić information content (AvgIpc) is 3.31. The second-order valence-corrected chi connectivity index (χ2v) is 10.9. The fourth-order valence-electron chi connectivity index (χ4n) is 3.61. The number of anilines is 2. The summed E-state index contributed by atoms with van der Waals surface area (Å²) in [5.41, 5.74) is 5.10. The van der Waals surface area contributed by atoms with Gasteiger partial charge in [-0.2, -0.15) is 0 Å². The summed E-state index contributed by atoms with van der Waals surface area (Å²) in [7, 11) is 0. The summed E-state index contributed by atoms with van der Waals surface area (Å²) in [5, 5.41) is 5.85. The molecule has 0 fully saturated rings. The highest BCUT2D eigenvalue weighted by Gasteiger charge is 2.31. The average molecular weight is 467 g/mol. The molecule has 0 unspecified atom stereocenters. The van der Waals surface area contributed by atoms with Crippen molar-refractivity contribution < 1.29 is 9.59 Å². The van der Waals surface area contributed by atoms with Gasteiger partial charge in [0, 0.05) is 27.6 Å². The summed E-state index contributed by atoms with van der Waals surface area (Å²) < 4.78 is 0. The van der Waals surface area contributed by atoms with Crippen molar-refractivity contribution in [3.05, 3.63) is 63.0 Å². The van der Waals surface area contributed by atoms with Crippen LogP contribution >= 0.6 is 22.7 Å². The Kier molecular flexibility index (Phi) is 6.01. The van der Waals surface area contributed by atoms with E-state index in [1.807, 2.05) is 13.8 Å². The minimum absolute atomic E-state index is 0.000769. The van der Waals surface area contributed by atoms with Crippen molar-refractivity contribution in [3.8, 4) is 0 Å². The molecule has 1 aliphatic rings. The molecule has 1 N–H and O–H groups in total. The number of carbonyl (C=O) groups excluding carboxylic acids is 2. The number of nitrogens with one attached hydrogen (secondary N) is 1. The minimum atomic E-state index is -0.277. The molecule has 0 saturated carbocycles. The number of hydrogen-bond donors (Lipinski definition) is 1. The zero-order valence-corrected chi connectivity index (χ0v) is 20.5. The quantitative estimate of drug-likeness (QED) is 0.592. The molecule has 3 heterocycles. The number of hydrogen-bond acceptors (Lipinski definition) is 6. The maximum atomic E-state index is 13.0. The van der Waals surface area contributed by atoms with E-state index in [1.54, 1.807) is 16.5 Å². The number of aryl methyl sites for hydroxylation is 1. The molecular formula is C24H26N4O2S2. The summed E-state index contributed by atoms with van der Waals surface area (Å²) in [6.07, 6.45) is 1.63. The highest BCUT2D eigenvalue weighted by molar-refractivity contribution is 7.17. The Labute approximate surface area is 196 Å². The molecule has 0 atom stereocenters. The summed E-state index contributed by atoms with van der Waals surface area (Å²) in [4.78, 5) is 37.1. The lowest BCUT2D eigenvalue weighted by Crippen LogP contribution is -2.38. The van der Waals surface area contributed by atoms with Crippen LogP contribution in [0, 0.1) is 13.8 Å². The first kappa shape index (κ1) is 22.4. The van der Waals surface area contributed by atoms with E-state index < -0.39 is 0 Å². The summed E-state index contributed by atoms with van der Waals surface area (Å²) in [5.74, 6) is -0.468. The number of rotatable bonds is 4. The minimum Gasteiger partial charge on any atom is -0.300 e. The largest absolute Gasteiger partial charge is 0.300 e. The maximum Gasteiger partial charge on any atom is 0.249 e. The fraction of sp³-hybridized carbons (Fsp3) is 0.333. The predicted molar refractivity (Wildman–Crippen MR) is 133 cm³/mol. The molecule has 2 aromatic heterocycles. The molecular weight excluding hydrogens is 440 g/mol. The van der Waals surface area contributed by atoms with Gasteiger partial charge in [-0.15, -0.1) is 22.7 Å². The van der Waals surface area contributed by atoms with Crippen molar-refractivity contribution >= 4 is 50.3 Å². The molecule has 6 nitrogen and oxygen atoms in total. The van der Waals surface area contributed by atoms with Crippen LogP contribution in [0.3, 0.4) is 0 Å². The predicted octanol–water partition coefficient (Wildman–Crippen LogP) is 4.94. The molecule has 2 amide bonds. The van der Waals surface area contributed by atoms with E-state index in [2.05, 4.69) is 55.3 Å². The van der Waals surface area contributed by atoms with Gasteiger partial charge in [-0.3, -0.25) is 19.5 Å². The molecule has 3 aromatic rings. The van der Waals surface area contributed by atoms with Crippen molar-refractivity contribution in [2.45, 2.75) is 40.0 Å². The molecule has 8 heteroatoms. The monoisotopic (exact) mass is 466 g/mol. The van der Waals surface area contributed by atoms with E-state index in [4.69, 9.17) is 4.99 Å². The van der Waals surface area contributed by atoms with Gasteiger partial charge in [0.25, 0.3) is 0 Å². The van der Waals surface area contributed by atoms with Crippen LogP contribution in [0.5, 0.6) is 0 Å². The Balaban J connectivity index is 1.70. The van der Waals surface area contributed by atoms with Gasteiger partial charge in [-0.25, -0.2) is 4.98 Å². The van der Waals surface area contributed by atoms with E-state index in [-0.39, 0.29) is 30.3 Å². The molecule has 1 aliphatic heterocycles. The molecule has 166 valence electrons. The fourth-order valence-corrected chi connectivity index (χ4v) is 5.33. The Morgan fingerprint density at radius 2 is 1.91 bits per heavy atom. The number of carbonyl (C=O) groups is 2. The van der Waals surface area contributed by atoms with Crippen LogP contribution in [0.2, 0.25) is 0 Å². The van der Waals surface area contributed by atoms with Gasteiger partial charge in [0.2, 0.25) is 11.8 Å². The first-order valence-electron chi connectivity index (χ1n) is 10.4. The van der Waals surface area contributed by atoms with Crippen LogP contribution in [-0.2, 0) is 15.0 Å². The SMILES string of the molecule is Cc1sc2c(c1C)C(c1ccc(C(C)(C)C)cc1)=NCC(=O)N2CC(=O)Nc1nccs1. The lowest BCUT2D eigenvalue weighted by molar-refractivity contribution is -0.120. The number of thiazole rings is 1. The Hall–Kier alpha value is -2.84. The van der Waals surface area contributed by atoms with Crippen LogP contribution in [0.1, 0.15) is 47.9 Å². The Morgan fingerprint density at radius 1 is 1.19 bits per heavy atom. The van der Waals surface area contributed by atoms with Gasteiger partial charge in [0.1, 0.15) is 18.1 Å². The summed E-state index contributed by atoms with van der Waals surface area (Å²) in [6.45, 7) is 10.6. The zero-order chi connectivity index (χ0) is 23.0. The first-order valence-corrected chi connectivity index (χ1v) is 12.1. The first-order chi connectivity index (χ1) is 15.1. The van der Waals surface area contributed by atoms with Gasteiger partial charge in [-0.1, -0.05) is 45.0 Å². The Bertz CT molecular complexity index is 1190. The second-order valence-electron chi connectivity index (χ2n) is 8.82. The van der Waals surface area contributed by atoms with Crippen LogP contribution in [0.25, 0.3) is 0 Å². The number of fused-ring (bicyclic) bond motifs is 1.